The second kappa shape index (κ2) is 5.05. The van der Waals surface area contributed by atoms with Crippen LogP contribution in [0.1, 0.15) is 13.3 Å². The molecule has 5 nitrogen and oxygen atoms in total. The number of anilines is 2. The Balaban J connectivity index is 2.08. The number of fused-ring (bicyclic) bond motifs is 1. The first kappa shape index (κ1) is 11.7. The van der Waals surface area contributed by atoms with Crippen molar-refractivity contribution in [3.05, 3.63) is 18.2 Å². The maximum Gasteiger partial charge on any atom is 0.265 e. The Labute approximate surface area is 99.9 Å². The topological polar surface area (TPSA) is 73.6 Å². The standard InChI is InChI=1S/C12H16N2O3/c1-2-16-7-6-10-12(15)14-11-8(13)4-3-5-9(11)17-10/h3-5,10H,2,6-7,13H2,1H3,(H,14,15). The van der Waals surface area contributed by atoms with Gasteiger partial charge in [-0.1, -0.05) is 6.07 Å². The van der Waals surface area contributed by atoms with Crippen LogP contribution in [0.3, 0.4) is 0 Å². The van der Waals surface area contributed by atoms with Crippen LogP contribution in [0.5, 0.6) is 5.75 Å². The van der Waals surface area contributed by atoms with Gasteiger partial charge >= 0.3 is 0 Å². The van der Waals surface area contributed by atoms with Crippen LogP contribution in [0.2, 0.25) is 0 Å². The van der Waals surface area contributed by atoms with Crippen LogP contribution in [0.4, 0.5) is 11.4 Å². The third-order valence-electron chi connectivity index (χ3n) is 2.60. The molecular formula is C12H16N2O3. The van der Waals surface area contributed by atoms with Crippen molar-refractivity contribution in [1.29, 1.82) is 0 Å². The van der Waals surface area contributed by atoms with Crippen LogP contribution in [0, 0.1) is 0 Å². The third kappa shape index (κ3) is 2.50. The Morgan fingerprint density at radius 1 is 1.53 bits per heavy atom. The molecule has 1 unspecified atom stereocenters. The lowest BCUT2D eigenvalue weighted by atomic mass is 10.1. The first-order valence-corrected chi connectivity index (χ1v) is 5.66. The van der Waals surface area contributed by atoms with E-state index in [1.165, 1.54) is 0 Å². The van der Waals surface area contributed by atoms with Crippen molar-refractivity contribution in [1.82, 2.24) is 0 Å². The van der Waals surface area contributed by atoms with Gasteiger partial charge in [0.15, 0.2) is 6.10 Å². The molecule has 0 bridgehead atoms. The third-order valence-corrected chi connectivity index (χ3v) is 2.60. The number of nitrogens with two attached hydrogens (primary N) is 1. The van der Waals surface area contributed by atoms with Gasteiger partial charge in [-0.25, -0.2) is 0 Å². The number of ether oxygens (including phenoxy) is 2. The van der Waals surface area contributed by atoms with E-state index in [4.69, 9.17) is 15.2 Å². The van der Waals surface area contributed by atoms with Crippen LogP contribution in [0.25, 0.3) is 0 Å². The summed E-state index contributed by atoms with van der Waals surface area (Å²) < 4.78 is 10.8. The van der Waals surface area contributed by atoms with Gasteiger partial charge in [-0.3, -0.25) is 4.79 Å². The summed E-state index contributed by atoms with van der Waals surface area (Å²) in [6.45, 7) is 3.06. The van der Waals surface area contributed by atoms with Crippen molar-refractivity contribution in [2.75, 3.05) is 24.3 Å². The number of nitrogen functional groups attached to an aromatic ring is 1. The van der Waals surface area contributed by atoms with E-state index in [-0.39, 0.29) is 5.91 Å². The highest BCUT2D eigenvalue weighted by Crippen LogP contribution is 2.34. The number of rotatable bonds is 4. The highest BCUT2D eigenvalue weighted by molar-refractivity contribution is 6.00. The fourth-order valence-corrected chi connectivity index (χ4v) is 1.72. The smallest absolute Gasteiger partial charge is 0.265 e. The molecule has 0 aromatic heterocycles. The Kier molecular flexibility index (Phi) is 3.49. The van der Waals surface area contributed by atoms with Crippen LogP contribution >= 0.6 is 0 Å². The quantitative estimate of drug-likeness (QED) is 0.612. The first-order chi connectivity index (χ1) is 8.22. The summed E-state index contributed by atoms with van der Waals surface area (Å²) in [4.78, 5) is 11.8. The van der Waals surface area contributed by atoms with E-state index in [0.717, 1.165) is 0 Å². The van der Waals surface area contributed by atoms with Crippen molar-refractivity contribution >= 4 is 17.3 Å². The number of hydrogen-bond donors (Lipinski definition) is 2. The molecule has 1 atom stereocenters. The second-order valence-electron chi connectivity index (χ2n) is 3.80. The molecule has 0 saturated carbocycles. The van der Waals surface area contributed by atoms with E-state index in [9.17, 15) is 4.79 Å². The molecule has 1 aliphatic rings. The highest BCUT2D eigenvalue weighted by Gasteiger charge is 2.28. The number of carbonyl (C=O) groups is 1. The minimum absolute atomic E-state index is 0.171. The monoisotopic (exact) mass is 236 g/mol. The Morgan fingerprint density at radius 3 is 3.12 bits per heavy atom. The molecule has 92 valence electrons. The molecule has 1 aliphatic heterocycles. The molecule has 1 aromatic rings. The maximum atomic E-state index is 11.8. The summed E-state index contributed by atoms with van der Waals surface area (Å²) in [6, 6.07) is 5.31. The zero-order valence-corrected chi connectivity index (χ0v) is 9.73. The predicted molar refractivity (Wildman–Crippen MR) is 65.0 cm³/mol. The average molecular weight is 236 g/mol. The van der Waals surface area contributed by atoms with E-state index in [2.05, 4.69) is 5.32 Å². The number of nitrogens with one attached hydrogen (secondary N) is 1. The molecule has 1 heterocycles. The molecule has 17 heavy (non-hydrogen) atoms. The highest BCUT2D eigenvalue weighted by atomic mass is 16.5. The second-order valence-corrected chi connectivity index (χ2v) is 3.80. The molecule has 0 spiro atoms. The van der Waals surface area contributed by atoms with Crippen LogP contribution in [-0.2, 0) is 9.53 Å². The fraction of sp³-hybridized carbons (Fsp3) is 0.417. The lowest BCUT2D eigenvalue weighted by Crippen LogP contribution is -2.38. The largest absolute Gasteiger partial charge is 0.478 e. The van der Waals surface area contributed by atoms with Gasteiger partial charge < -0.3 is 20.5 Å². The van der Waals surface area contributed by atoms with Gasteiger partial charge in [-0.2, -0.15) is 0 Å². The van der Waals surface area contributed by atoms with Crippen molar-refractivity contribution in [2.24, 2.45) is 0 Å². The number of hydrogen-bond acceptors (Lipinski definition) is 4. The zero-order chi connectivity index (χ0) is 12.3. The first-order valence-electron chi connectivity index (χ1n) is 5.66. The summed E-state index contributed by atoms with van der Waals surface area (Å²) in [7, 11) is 0. The molecule has 0 saturated heterocycles. The van der Waals surface area contributed by atoms with Crippen LogP contribution in [-0.4, -0.2) is 25.2 Å². The maximum absolute atomic E-state index is 11.8. The van der Waals surface area contributed by atoms with Gasteiger partial charge in [-0.05, 0) is 19.1 Å². The number of carbonyl (C=O) groups excluding carboxylic acids is 1. The van der Waals surface area contributed by atoms with E-state index < -0.39 is 6.10 Å². The summed E-state index contributed by atoms with van der Waals surface area (Å²) in [5.41, 5.74) is 6.82. The van der Waals surface area contributed by atoms with Crippen LogP contribution < -0.4 is 15.8 Å². The van der Waals surface area contributed by atoms with Crippen molar-refractivity contribution in [3.63, 3.8) is 0 Å². The lowest BCUT2D eigenvalue weighted by molar-refractivity contribution is -0.124. The summed E-state index contributed by atoms with van der Waals surface area (Å²) in [5, 5.41) is 2.76. The average Bonchev–Trinajstić information content (AvgIpc) is 2.31. The van der Waals surface area contributed by atoms with Gasteiger partial charge in [0.05, 0.1) is 12.3 Å². The normalized spacial score (nSPS) is 18.2. The van der Waals surface area contributed by atoms with Crippen molar-refractivity contribution in [3.8, 4) is 5.75 Å². The molecule has 1 aromatic carbocycles. The minimum atomic E-state index is -0.504. The SMILES string of the molecule is CCOCCC1Oc2cccc(N)c2NC1=O. The van der Waals surface area contributed by atoms with Gasteiger partial charge in [0.2, 0.25) is 0 Å². The molecule has 3 N–H and O–H groups in total. The summed E-state index contributed by atoms with van der Waals surface area (Å²) in [5.74, 6) is 0.446. The van der Waals surface area contributed by atoms with Crippen LogP contribution in [0.15, 0.2) is 18.2 Å². The van der Waals surface area contributed by atoms with Gasteiger partial charge in [0.1, 0.15) is 11.4 Å². The van der Waals surface area contributed by atoms with E-state index in [0.29, 0.717) is 36.8 Å². The predicted octanol–water partition coefficient (Wildman–Crippen LogP) is 1.39. The fourth-order valence-electron chi connectivity index (χ4n) is 1.72. The number of para-hydroxylation sites is 1. The molecular weight excluding hydrogens is 220 g/mol. The molecule has 5 heteroatoms. The molecule has 0 radical (unpaired) electrons. The summed E-state index contributed by atoms with van der Waals surface area (Å²) in [6.07, 6.45) is 0.0318. The van der Waals surface area contributed by atoms with Crippen molar-refractivity contribution < 1.29 is 14.3 Å². The van der Waals surface area contributed by atoms with E-state index >= 15 is 0 Å². The Morgan fingerprint density at radius 2 is 2.35 bits per heavy atom. The lowest BCUT2D eigenvalue weighted by Gasteiger charge is -2.26. The molecule has 1 amide bonds. The molecule has 0 fully saturated rings. The zero-order valence-electron chi connectivity index (χ0n) is 9.73. The van der Waals surface area contributed by atoms with Crippen molar-refractivity contribution in [2.45, 2.75) is 19.4 Å². The Hall–Kier alpha value is -1.75. The van der Waals surface area contributed by atoms with E-state index in [1.807, 2.05) is 6.92 Å². The molecule has 0 aliphatic carbocycles. The van der Waals surface area contributed by atoms with E-state index in [1.54, 1.807) is 18.2 Å². The minimum Gasteiger partial charge on any atom is -0.478 e. The Bertz CT molecular complexity index is 420. The number of amides is 1. The number of benzene rings is 1. The van der Waals surface area contributed by atoms with Gasteiger partial charge in [-0.15, -0.1) is 0 Å². The van der Waals surface area contributed by atoms with Gasteiger partial charge in [0, 0.05) is 13.0 Å². The van der Waals surface area contributed by atoms with Gasteiger partial charge in [0.25, 0.3) is 5.91 Å². The molecule has 2 rings (SSSR count). The summed E-state index contributed by atoms with van der Waals surface area (Å²) >= 11 is 0.